The van der Waals surface area contributed by atoms with Gasteiger partial charge in [0.05, 0.1) is 0 Å². The van der Waals surface area contributed by atoms with Crippen molar-refractivity contribution >= 4 is 0 Å². The maximum atomic E-state index is 4.83. The van der Waals surface area contributed by atoms with Gasteiger partial charge in [0.25, 0.3) is 0 Å². The van der Waals surface area contributed by atoms with Gasteiger partial charge in [0.15, 0.2) is 0 Å². The summed E-state index contributed by atoms with van der Waals surface area (Å²) in [6.07, 6.45) is 5.95. The topological polar surface area (TPSA) is 9.23 Å². The molecule has 1 aliphatic carbocycles. The van der Waals surface area contributed by atoms with Gasteiger partial charge in [-0.15, -0.1) is 0 Å². The lowest BCUT2D eigenvalue weighted by Crippen LogP contribution is -1.84. The average molecular weight is 158 g/mol. The molecule has 0 N–H and O–H groups in total. The maximum absolute atomic E-state index is 4.83. The highest BCUT2D eigenvalue weighted by molar-refractivity contribution is 4.60. The van der Waals surface area contributed by atoms with Crippen LogP contribution >= 0.6 is 0 Å². The van der Waals surface area contributed by atoms with E-state index in [1.54, 1.807) is 0 Å². The normalized spacial score (nSPS) is 17.7. The van der Waals surface area contributed by atoms with Gasteiger partial charge in [0, 0.05) is 13.2 Å². The van der Waals surface area contributed by atoms with Gasteiger partial charge < -0.3 is 4.74 Å². The molecule has 11 heavy (non-hydrogen) atoms. The Morgan fingerprint density at radius 2 is 1.55 bits per heavy atom. The van der Waals surface area contributed by atoms with Crippen LogP contribution in [0, 0.1) is 5.92 Å². The maximum Gasteiger partial charge on any atom is 0.0437 e. The van der Waals surface area contributed by atoms with E-state index in [0.717, 1.165) is 19.1 Å². The largest absolute Gasteiger partial charge is 0.382 e. The van der Waals surface area contributed by atoms with E-state index in [-0.39, 0.29) is 0 Å². The van der Waals surface area contributed by atoms with Crippen LogP contribution in [-0.4, -0.2) is 13.2 Å². The fraction of sp³-hybridized carbons (Fsp3) is 1.00. The molecule has 0 atom stereocenters. The highest BCUT2D eigenvalue weighted by Gasteiger charge is 2.07. The van der Waals surface area contributed by atoms with E-state index < -0.39 is 0 Å². The molecular formula is C10H22O. The lowest BCUT2D eigenvalue weighted by Gasteiger charge is -1.91. The second-order valence-corrected chi connectivity index (χ2v) is 3.17. The Hall–Kier alpha value is -0.0400. The third-order valence-corrected chi connectivity index (χ3v) is 2.05. The van der Waals surface area contributed by atoms with Crippen molar-refractivity contribution in [1.29, 1.82) is 0 Å². The van der Waals surface area contributed by atoms with Crippen LogP contribution in [0.2, 0.25) is 0 Å². The van der Waals surface area contributed by atoms with Crippen LogP contribution in [-0.2, 0) is 4.74 Å². The molecule has 68 valence electrons. The van der Waals surface area contributed by atoms with Crippen molar-refractivity contribution in [3.63, 3.8) is 0 Å². The standard InChI is InChI=1S/C6H12.C4H10O/c1-6-4-2-3-5-6;1-3-5-4-2/h6H,2-5H2,1H3;3-4H2,1-2H3. The molecule has 0 aromatic carbocycles. The van der Waals surface area contributed by atoms with Gasteiger partial charge in [0.2, 0.25) is 0 Å². The second-order valence-electron chi connectivity index (χ2n) is 3.17. The zero-order valence-corrected chi connectivity index (χ0v) is 8.23. The van der Waals surface area contributed by atoms with Gasteiger partial charge in [0.1, 0.15) is 0 Å². The highest BCUT2D eigenvalue weighted by Crippen LogP contribution is 2.22. The SMILES string of the molecule is CC1CCCC1.CCOCC. The Kier molecular flexibility index (Phi) is 8.03. The molecule has 0 bridgehead atoms. The van der Waals surface area contributed by atoms with Gasteiger partial charge in [-0.25, -0.2) is 0 Å². The Morgan fingerprint density at radius 1 is 1.09 bits per heavy atom. The lowest BCUT2D eigenvalue weighted by molar-refractivity contribution is 0.162. The van der Waals surface area contributed by atoms with E-state index in [4.69, 9.17) is 4.74 Å². The second kappa shape index (κ2) is 8.06. The first-order chi connectivity index (χ1) is 5.31. The van der Waals surface area contributed by atoms with Crippen LogP contribution in [0.4, 0.5) is 0 Å². The van der Waals surface area contributed by atoms with E-state index in [1.165, 1.54) is 25.7 Å². The van der Waals surface area contributed by atoms with Crippen LogP contribution in [0.5, 0.6) is 0 Å². The Balaban J connectivity index is 0.000000187. The van der Waals surface area contributed by atoms with Gasteiger partial charge in [-0.2, -0.15) is 0 Å². The predicted octanol–water partition coefficient (Wildman–Crippen LogP) is 3.24. The third-order valence-electron chi connectivity index (χ3n) is 2.05. The predicted molar refractivity (Wildman–Crippen MR) is 49.8 cm³/mol. The first kappa shape index (κ1) is 11.0. The molecule has 1 aliphatic rings. The first-order valence-electron chi connectivity index (χ1n) is 4.89. The quantitative estimate of drug-likeness (QED) is 0.599. The van der Waals surface area contributed by atoms with Gasteiger partial charge in [-0.1, -0.05) is 32.6 Å². The van der Waals surface area contributed by atoms with Crippen molar-refractivity contribution in [2.24, 2.45) is 5.92 Å². The number of hydrogen-bond donors (Lipinski definition) is 0. The molecule has 0 amide bonds. The molecule has 0 aromatic heterocycles. The highest BCUT2D eigenvalue weighted by atomic mass is 16.5. The van der Waals surface area contributed by atoms with Crippen LogP contribution in [0.15, 0.2) is 0 Å². The molecule has 0 unspecified atom stereocenters. The van der Waals surface area contributed by atoms with Crippen molar-refractivity contribution in [2.75, 3.05) is 13.2 Å². The average Bonchev–Trinajstić information content (AvgIpc) is 2.43. The van der Waals surface area contributed by atoms with E-state index in [1.807, 2.05) is 13.8 Å². The van der Waals surface area contributed by atoms with Crippen LogP contribution in [0.3, 0.4) is 0 Å². The molecule has 0 saturated heterocycles. The van der Waals surface area contributed by atoms with Crippen LogP contribution < -0.4 is 0 Å². The summed E-state index contributed by atoms with van der Waals surface area (Å²) in [6.45, 7) is 8.01. The van der Waals surface area contributed by atoms with E-state index in [2.05, 4.69) is 6.92 Å². The summed E-state index contributed by atoms with van der Waals surface area (Å²) in [5.74, 6) is 1.05. The fourth-order valence-electron chi connectivity index (χ4n) is 1.33. The molecule has 1 nitrogen and oxygen atoms in total. The van der Waals surface area contributed by atoms with E-state index in [0.29, 0.717) is 0 Å². The summed E-state index contributed by atoms with van der Waals surface area (Å²) in [5, 5.41) is 0. The summed E-state index contributed by atoms with van der Waals surface area (Å²) >= 11 is 0. The van der Waals surface area contributed by atoms with Gasteiger partial charge >= 0.3 is 0 Å². The summed E-state index contributed by atoms with van der Waals surface area (Å²) < 4.78 is 4.83. The van der Waals surface area contributed by atoms with Gasteiger partial charge in [-0.3, -0.25) is 0 Å². The lowest BCUT2D eigenvalue weighted by atomic mass is 10.2. The minimum absolute atomic E-state index is 0.844. The minimum atomic E-state index is 0.844. The number of ether oxygens (including phenoxy) is 1. The molecule has 1 rings (SSSR count). The number of hydrogen-bond acceptors (Lipinski definition) is 1. The molecule has 1 heteroatoms. The van der Waals surface area contributed by atoms with E-state index >= 15 is 0 Å². The first-order valence-corrected chi connectivity index (χ1v) is 4.89. The van der Waals surface area contributed by atoms with Crippen molar-refractivity contribution in [3.8, 4) is 0 Å². The monoisotopic (exact) mass is 158 g/mol. The van der Waals surface area contributed by atoms with Crippen molar-refractivity contribution in [3.05, 3.63) is 0 Å². The molecule has 0 heterocycles. The Bertz CT molecular complexity index is 63.3. The van der Waals surface area contributed by atoms with Crippen molar-refractivity contribution < 1.29 is 4.74 Å². The number of rotatable bonds is 2. The fourth-order valence-corrected chi connectivity index (χ4v) is 1.33. The van der Waals surface area contributed by atoms with Gasteiger partial charge in [-0.05, 0) is 19.8 Å². The Morgan fingerprint density at radius 3 is 1.64 bits per heavy atom. The minimum Gasteiger partial charge on any atom is -0.382 e. The zero-order valence-electron chi connectivity index (χ0n) is 8.23. The third kappa shape index (κ3) is 7.86. The summed E-state index contributed by atoms with van der Waals surface area (Å²) in [6, 6.07) is 0. The van der Waals surface area contributed by atoms with Crippen LogP contribution in [0.25, 0.3) is 0 Å². The molecule has 1 fully saturated rings. The zero-order chi connectivity index (χ0) is 8.53. The molecule has 0 spiro atoms. The molecule has 0 radical (unpaired) electrons. The van der Waals surface area contributed by atoms with Crippen molar-refractivity contribution in [2.45, 2.75) is 46.5 Å². The molecule has 0 aliphatic heterocycles. The molecule has 1 saturated carbocycles. The molecule has 0 aromatic rings. The summed E-state index contributed by atoms with van der Waals surface area (Å²) in [5.41, 5.74) is 0. The summed E-state index contributed by atoms with van der Waals surface area (Å²) in [7, 11) is 0. The smallest absolute Gasteiger partial charge is 0.0437 e. The van der Waals surface area contributed by atoms with Crippen molar-refractivity contribution in [1.82, 2.24) is 0 Å². The van der Waals surface area contributed by atoms with Crippen LogP contribution in [0.1, 0.15) is 46.5 Å². The Labute approximate surface area is 71.1 Å². The molecular weight excluding hydrogens is 136 g/mol. The van der Waals surface area contributed by atoms with E-state index in [9.17, 15) is 0 Å². The summed E-state index contributed by atoms with van der Waals surface area (Å²) in [4.78, 5) is 0.